The molecule has 4 nitrogen and oxygen atoms in total. The summed E-state index contributed by atoms with van der Waals surface area (Å²) in [6.07, 6.45) is 1.81. The van der Waals surface area contributed by atoms with E-state index in [1.165, 1.54) is 0 Å². The second-order valence-corrected chi connectivity index (χ2v) is 6.25. The predicted octanol–water partition coefficient (Wildman–Crippen LogP) is 4.36. The van der Waals surface area contributed by atoms with Crippen LogP contribution in [-0.2, 0) is 6.54 Å². The van der Waals surface area contributed by atoms with E-state index in [1.807, 2.05) is 61.5 Å². The summed E-state index contributed by atoms with van der Waals surface area (Å²) in [5.74, 6) is -0.262. The van der Waals surface area contributed by atoms with Gasteiger partial charge < -0.3 is 9.88 Å². The number of anilines is 1. The molecule has 0 spiro atoms. The fourth-order valence-corrected chi connectivity index (χ4v) is 2.90. The molecule has 0 unspecified atom stereocenters. The summed E-state index contributed by atoms with van der Waals surface area (Å²) in [6, 6.07) is 16.8. The van der Waals surface area contributed by atoms with E-state index in [2.05, 4.69) is 12.2 Å². The predicted molar refractivity (Wildman–Crippen MR) is 102 cm³/mol. The number of hydrogen-bond donors (Lipinski definition) is 1. The highest BCUT2D eigenvalue weighted by molar-refractivity contribution is 6.05. The summed E-state index contributed by atoms with van der Waals surface area (Å²) < 4.78 is 1.60. The molecule has 4 heteroatoms. The third-order valence-corrected chi connectivity index (χ3v) is 4.27. The molecule has 0 aliphatic carbocycles. The third-order valence-electron chi connectivity index (χ3n) is 4.27. The van der Waals surface area contributed by atoms with Gasteiger partial charge in [0.15, 0.2) is 0 Å². The van der Waals surface area contributed by atoms with Crippen LogP contribution >= 0.6 is 0 Å². The van der Waals surface area contributed by atoms with Crippen molar-refractivity contribution in [3.63, 3.8) is 0 Å². The zero-order valence-electron chi connectivity index (χ0n) is 14.6. The van der Waals surface area contributed by atoms with Crippen molar-refractivity contribution in [1.29, 1.82) is 0 Å². The summed E-state index contributed by atoms with van der Waals surface area (Å²) in [5, 5.41) is 4.33. The Balaban J connectivity index is 2.10. The number of fused-ring (bicyclic) bond motifs is 1. The summed E-state index contributed by atoms with van der Waals surface area (Å²) in [6.45, 7) is 4.57. The minimum Gasteiger partial charge on any atom is -0.321 e. The number of aryl methyl sites for hydroxylation is 1. The Hall–Kier alpha value is -2.88. The molecule has 0 aliphatic heterocycles. The lowest BCUT2D eigenvalue weighted by Crippen LogP contribution is -2.29. The van der Waals surface area contributed by atoms with Crippen LogP contribution in [0.2, 0.25) is 0 Å². The number of benzene rings is 2. The zero-order valence-corrected chi connectivity index (χ0v) is 14.6. The van der Waals surface area contributed by atoms with E-state index in [0.29, 0.717) is 23.3 Å². The zero-order chi connectivity index (χ0) is 17.8. The average molecular weight is 334 g/mol. The van der Waals surface area contributed by atoms with Crippen LogP contribution in [0.1, 0.15) is 35.8 Å². The minimum atomic E-state index is -0.262. The van der Waals surface area contributed by atoms with Gasteiger partial charge in [0.2, 0.25) is 0 Å². The van der Waals surface area contributed by atoms with Crippen LogP contribution in [-0.4, -0.2) is 10.5 Å². The van der Waals surface area contributed by atoms with Gasteiger partial charge in [-0.05, 0) is 43.0 Å². The van der Waals surface area contributed by atoms with Gasteiger partial charge in [-0.15, -0.1) is 0 Å². The summed E-state index contributed by atoms with van der Waals surface area (Å²) >= 11 is 0. The van der Waals surface area contributed by atoms with Crippen molar-refractivity contribution in [2.45, 2.75) is 33.2 Å². The van der Waals surface area contributed by atoms with E-state index in [1.54, 1.807) is 4.57 Å². The molecule has 0 atom stereocenters. The normalized spacial score (nSPS) is 10.8. The molecule has 0 bridgehead atoms. The molecule has 0 radical (unpaired) electrons. The first-order valence-corrected chi connectivity index (χ1v) is 8.60. The maximum atomic E-state index is 12.9. The fraction of sp³-hybridized carbons (Fsp3) is 0.238. The Morgan fingerprint density at radius 3 is 2.56 bits per heavy atom. The van der Waals surface area contributed by atoms with E-state index in [9.17, 15) is 9.59 Å². The smallest absolute Gasteiger partial charge is 0.272 e. The molecule has 0 saturated carbocycles. The quantitative estimate of drug-likeness (QED) is 0.753. The van der Waals surface area contributed by atoms with E-state index < -0.39 is 0 Å². The first kappa shape index (κ1) is 17.0. The monoisotopic (exact) mass is 334 g/mol. The molecule has 1 aromatic heterocycles. The van der Waals surface area contributed by atoms with Gasteiger partial charge in [-0.3, -0.25) is 9.59 Å². The molecule has 3 aromatic rings. The van der Waals surface area contributed by atoms with Crippen molar-refractivity contribution < 1.29 is 4.79 Å². The average Bonchev–Trinajstić information content (AvgIpc) is 2.62. The van der Waals surface area contributed by atoms with Crippen LogP contribution < -0.4 is 10.9 Å². The van der Waals surface area contributed by atoms with Gasteiger partial charge in [0.1, 0.15) is 5.69 Å². The maximum Gasteiger partial charge on any atom is 0.272 e. The molecule has 1 heterocycles. The Morgan fingerprint density at radius 1 is 1.08 bits per heavy atom. The van der Waals surface area contributed by atoms with Crippen LogP contribution in [0, 0.1) is 6.92 Å². The number of unbranched alkanes of at least 4 members (excludes halogenated alkanes) is 1. The second kappa shape index (κ2) is 7.34. The van der Waals surface area contributed by atoms with E-state index >= 15 is 0 Å². The number of carbonyl (C=O) groups excluding carboxylic acids is 1. The molecule has 1 N–H and O–H groups in total. The van der Waals surface area contributed by atoms with E-state index in [4.69, 9.17) is 0 Å². The lowest BCUT2D eigenvalue weighted by Gasteiger charge is -2.14. The van der Waals surface area contributed by atoms with E-state index in [-0.39, 0.29) is 11.5 Å². The topological polar surface area (TPSA) is 51.1 Å². The Labute approximate surface area is 147 Å². The van der Waals surface area contributed by atoms with Crippen molar-refractivity contribution in [2.75, 3.05) is 5.32 Å². The standard InChI is InChI=1S/C21H22N2O2/c1-3-4-12-23-19(20(24)22-17-8-6-5-7-9-17)14-16-11-10-15(2)13-18(16)21(23)25/h5-11,13-14H,3-4,12H2,1-2H3,(H,22,24). The Kier molecular flexibility index (Phi) is 4.98. The number of nitrogens with zero attached hydrogens (tertiary/aromatic N) is 1. The molecule has 25 heavy (non-hydrogen) atoms. The summed E-state index contributed by atoms with van der Waals surface area (Å²) in [5.41, 5.74) is 2.05. The summed E-state index contributed by atoms with van der Waals surface area (Å²) in [4.78, 5) is 25.7. The number of carbonyl (C=O) groups is 1. The van der Waals surface area contributed by atoms with Gasteiger partial charge in [-0.25, -0.2) is 0 Å². The molecular formula is C21H22N2O2. The molecule has 0 aliphatic rings. The molecule has 128 valence electrons. The van der Waals surface area contributed by atoms with Crippen LogP contribution in [0.25, 0.3) is 10.8 Å². The summed E-state index contributed by atoms with van der Waals surface area (Å²) in [7, 11) is 0. The highest BCUT2D eigenvalue weighted by atomic mass is 16.2. The van der Waals surface area contributed by atoms with Crippen molar-refractivity contribution >= 4 is 22.4 Å². The first-order valence-electron chi connectivity index (χ1n) is 8.60. The lowest BCUT2D eigenvalue weighted by atomic mass is 10.1. The second-order valence-electron chi connectivity index (χ2n) is 6.25. The van der Waals surface area contributed by atoms with Crippen LogP contribution in [0.15, 0.2) is 59.4 Å². The number of rotatable bonds is 5. The van der Waals surface area contributed by atoms with Crippen LogP contribution in [0.4, 0.5) is 5.69 Å². The minimum absolute atomic E-state index is 0.104. The molecule has 0 fully saturated rings. The lowest BCUT2D eigenvalue weighted by molar-refractivity contribution is 0.101. The van der Waals surface area contributed by atoms with Gasteiger partial charge in [-0.2, -0.15) is 0 Å². The van der Waals surface area contributed by atoms with Crippen LogP contribution in [0.5, 0.6) is 0 Å². The fourth-order valence-electron chi connectivity index (χ4n) is 2.90. The molecule has 0 saturated heterocycles. The highest BCUT2D eigenvalue weighted by Crippen LogP contribution is 2.16. The third kappa shape index (κ3) is 3.63. The molecule has 1 amide bonds. The van der Waals surface area contributed by atoms with E-state index in [0.717, 1.165) is 23.8 Å². The van der Waals surface area contributed by atoms with Crippen LogP contribution in [0.3, 0.4) is 0 Å². The van der Waals surface area contributed by atoms with Crippen molar-refractivity contribution in [3.05, 3.63) is 76.2 Å². The van der Waals surface area contributed by atoms with Gasteiger partial charge in [0.05, 0.1) is 0 Å². The molecule has 3 rings (SSSR count). The van der Waals surface area contributed by atoms with Crippen molar-refractivity contribution in [3.8, 4) is 0 Å². The molecular weight excluding hydrogens is 312 g/mol. The molecule has 2 aromatic carbocycles. The number of hydrogen-bond acceptors (Lipinski definition) is 2. The SMILES string of the molecule is CCCCn1c(C(=O)Nc2ccccc2)cc2ccc(C)cc2c1=O. The Bertz CT molecular complexity index is 959. The number of nitrogens with one attached hydrogen (secondary N) is 1. The van der Waals surface area contributed by atoms with Crippen molar-refractivity contribution in [1.82, 2.24) is 4.57 Å². The van der Waals surface area contributed by atoms with Gasteiger partial charge >= 0.3 is 0 Å². The van der Waals surface area contributed by atoms with Gasteiger partial charge in [0, 0.05) is 17.6 Å². The number of amides is 1. The van der Waals surface area contributed by atoms with Gasteiger partial charge in [0.25, 0.3) is 11.5 Å². The maximum absolute atomic E-state index is 12.9. The largest absolute Gasteiger partial charge is 0.321 e. The highest BCUT2D eigenvalue weighted by Gasteiger charge is 2.15. The Morgan fingerprint density at radius 2 is 1.84 bits per heavy atom. The van der Waals surface area contributed by atoms with Crippen molar-refractivity contribution in [2.24, 2.45) is 0 Å². The number of pyridine rings is 1. The number of para-hydroxylation sites is 1. The van der Waals surface area contributed by atoms with Gasteiger partial charge in [-0.1, -0.05) is 49.2 Å². The number of aromatic nitrogens is 1. The first-order chi connectivity index (χ1) is 12.1.